The van der Waals surface area contributed by atoms with Crippen LogP contribution < -0.4 is 5.32 Å². The van der Waals surface area contributed by atoms with E-state index in [-0.39, 0.29) is 5.69 Å². The van der Waals surface area contributed by atoms with Crippen molar-refractivity contribution in [2.24, 2.45) is 0 Å². The lowest BCUT2D eigenvalue weighted by Crippen LogP contribution is -2.60. The van der Waals surface area contributed by atoms with Crippen LogP contribution in [0.1, 0.15) is 18.7 Å². The first-order chi connectivity index (χ1) is 15.9. The minimum Gasteiger partial charge on any atom is -0.478 e. The number of hydrogen-bond donors (Lipinski definition) is 5. The first kappa shape index (κ1) is 25.5. The molecule has 1 aliphatic heterocycles. The summed E-state index contributed by atoms with van der Waals surface area (Å²) in [6.07, 6.45) is -4.77. The fraction of sp³-hybridized carbons (Fsp3) is 0.400. The van der Waals surface area contributed by atoms with Gasteiger partial charge in [-0.2, -0.15) is 19.1 Å². The van der Waals surface area contributed by atoms with Crippen LogP contribution in [0, 0.1) is 11.3 Å². The molecule has 5 N–H and O–H groups in total. The van der Waals surface area contributed by atoms with Gasteiger partial charge in [-0.25, -0.2) is 9.48 Å². The van der Waals surface area contributed by atoms with E-state index >= 15 is 0 Å². The Hall–Kier alpha value is -3.12. The van der Waals surface area contributed by atoms with E-state index in [1.165, 1.54) is 0 Å². The molecule has 1 amide bonds. The first-order valence-electron chi connectivity index (χ1n) is 9.74. The third-order valence-corrected chi connectivity index (χ3v) is 5.67. The highest BCUT2D eigenvalue weighted by molar-refractivity contribution is 9.10. The van der Waals surface area contributed by atoms with Gasteiger partial charge >= 0.3 is 11.9 Å². The van der Waals surface area contributed by atoms with Crippen molar-refractivity contribution in [2.75, 3.05) is 6.61 Å². The highest BCUT2D eigenvalue weighted by atomic mass is 79.9. The van der Waals surface area contributed by atoms with Gasteiger partial charge in [-0.1, -0.05) is 15.9 Å². The molecular weight excluding hydrogens is 526 g/mol. The summed E-state index contributed by atoms with van der Waals surface area (Å²) in [5.74, 6) is -8.02. The highest BCUT2D eigenvalue weighted by Gasteiger charge is 2.47. The summed E-state index contributed by atoms with van der Waals surface area (Å²) in [7, 11) is 0. The number of nitriles is 1. The number of carboxylic acids is 1. The number of halogens is 3. The Bertz CT molecular complexity index is 1190. The number of rotatable bonds is 7. The second kappa shape index (κ2) is 9.63. The van der Waals surface area contributed by atoms with Crippen molar-refractivity contribution in [1.82, 2.24) is 15.1 Å². The van der Waals surface area contributed by atoms with E-state index in [4.69, 9.17) is 4.74 Å². The smallest absolute Gasteiger partial charge is 0.370 e. The predicted molar refractivity (Wildman–Crippen MR) is 113 cm³/mol. The Morgan fingerprint density at radius 2 is 2.09 bits per heavy atom. The molecule has 0 radical (unpaired) electrons. The van der Waals surface area contributed by atoms with E-state index in [0.717, 1.165) is 10.8 Å². The number of aromatic nitrogens is 2. The number of aliphatic hydroxyl groups excluding tert-OH is 3. The van der Waals surface area contributed by atoms with Crippen LogP contribution in [-0.2, 0) is 14.3 Å². The number of amides is 1. The molecule has 1 aromatic heterocycles. The number of carboxylic acid groups (broad SMARTS) is 1. The molecule has 2 aromatic rings. The maximum absolute atomic E-state index is 13.7. The van der Waals surface area contributed by atoms with E-state index in [9.17, 15) is 44.1 Å². The van der Waals surface area contributed by atoms with E-state index in [2.05, 4.69) is 21.0 Å². The Morgan fingerprint density at radius 1 is 1.41 bits per heavy atom. The zero-order chi connectivity index (χ0) is 25.4. The van der Waals surface area contributed by atoms with Gasteiger partial charge in [0.25, 0.3) is 5.91 Å². The van der Waals surface area contributed by atoms with Crippen LogP contribution in [0.4, 0.5) is 8.78 Å². The summed E-state index contributed by atoms with van der Waals surface area (Å²) >= 11 is 3.27. The lowest BCUT2D eigenvalue weighted by molar-refractivity contribution is -0.153. The molecule has 14 heteroatoms. The van der Waals surface area contributed by atoms with Gasteiger partial charge in [0.1, 0.15) is 30.1 Å². The van der Waals surface area contributed by atoms with Gasteiger partial charge in [-0.05, 0) is 24.3 Å². The van der Waals surface area contributed by atoms with Crippen molar-refractivity contribution in [3.05, 3.63) is 40.2 Å². The minimum absolute atomic E-state index is 0.0948. The molecule has 1 aliphatic rings. The average Bonchev–Trinajstić information content (AvgIpc) is 3.14. The first-order valence-corrected chi connectivity index (χ1v) is 10.5. The second-order valence-corrected chi connectivity index (χ2v) is 8.52. The maximum Gasteiger partial charge on any atom is 0.370 e. The van der Waals surface area contributed by atoms with Gasteiger partial charge in [-0.3, -0.25) is 4.79 Å². The van der Waals surface area contributed by atoms with Crippen LogP contribution in [-0.4, -0.2) is 79.0 Å². The van der Waals surface area contributed by atoms with Crippen molar-refractivity contribution >= 4 is 38.7 Å². The normalized spacial score (nSPS) is 22.3. The highest BCUT2D eigenvalue weighted by Crippen LogP contribution is 2.33. The molecule has 0 unspecified atom stereocenters. The van der Waals surface area contributed by atoms with Crippen LogP contribution in [0.3, 0.4) is 0 Å². The molecule has 0 spiro atoms. The number of benzene rings is 1. The number of aliphatic hydroxyl groups is 3. The fourth-order valence-electron chi connectivity index (χ4n) is 3.51. The SMILES string of the molecule is CC(F)(F)C(=O)N[C@H]1[C@H]([C@H](O)[C@H](O)CO)OC(C(=O)O)=C[C@@H]1n1nc2ccc(Br)cc2c1C#N. The number of fused-ring (bicyclic) bond motifs is 1. The van der Waals surface area contributed by atoms with Crippen molar-refractivity contribution < 1.29 is 43.5 Å². The zero-order valence-corrected chi connectivity index (χ0v) is 19.0. The van der Waals surface area contributed by atoms with E-state index in [1.807, 2.05) is 11.4 Å². The Balaban J connectivity index is 2.24. The number of carbonyl (C=O) groups is 2. The number of ether oxygens (including phenoxy) is 1. The largest absolute Gasteiger partial charge is 0.478 e. The monoisotopic (exact) mass is 544 g/mol. The molecule has 34 heavy (non-hydrogen) atoms. The van der Waals surface area contributed by atoms with Crippen molar-refractivity contribution in [3.8, 4) is 6.07 Å². The van der Waals surface area contributed by atoms with E-state index in [1.54, 1.807) is 18.2 Å². The number of hydrogen-bond acceptors (Lipinski definition) is 8. The molecule has 11 nitrogen and oxygen atoms in total. The number of aliphatic carboxylic acids is 1. The number of alkyl halides is 2. The molecule has 0 saturated heterocycles. The quantitative estimate of drug-likeness (QED) is 0.330. The third kappa shape index (κ3) is 4.87. The van der Waals surface area contributed by atoms with Gasteiger partial charge in [0.15, 0.2) is 0 Å². The number of nitrogens with one attached hydrogen (secondary N) is 1. The standard InChI is InChI=1S/C20H19BrF2N4O7/c1-20(22,23)19(33)25-15-11(5-14(18(31)32)34-17(15)16(30)13(29)7-28)27-12(6-24)9-4-8(21)2-3-10(9)26-27/h2-5,11,13,15-17,28-30H,7H2,1H3,(H,25,33)(H,31,32)/t11-,13+,15+,16+,17+/m0/s1. The van der Waals surface area contributed by atoms with Gasteiger partial charge in [0, 0.05) is 16.8 Å². The summed E-state index contributed by atoms with van der Waals surface area (Å²) in [6, 6.07) is 3.61. The minimum atomic E-state index is -3.87. The van der Waals surface area contributed by atoms with Gasteiger partial charge in [0.2, 0.25) is 5.76 Å². The van der Waals surface area contributed by atoms with Crippen molar-refractivity contribution in [3.63, 3.8) is 0 Å². The number of nitrogens with zero attached hydrogens (tertiary/aromatic N) is 3. The molecule has 2 heterocycles. The summed E-state index contributed by atoms with van der Waals surface area (Å²) in [4.78, 5) is 23.9. The summed E-state index contributed by atoms with van der Waals surface area (Å²) in [5.41, 5.74) is 0.206. The fourth-order valence-corrected chi connectivity index (χ4v) is 3.87. The Morgan fingerprint density at radius 3 is 2.65 bits per heavy atom. The number of carbonyl (C=O) groups excluding carboxylic acids is 1. The molecule has 1 aromatic carbocycles. The zero-order valence-electron chi connectivity index (χ0n) is 17.4. The van der Waals surface area contributed by atoms with Crippen LogP contribution >= 0.6 is 15.9 Å². The van der Waals surface area contributed by atoms with Gasteiger partial charge < -0.3 is 30.5 Å². The topological polar surface area (TPSA) is 178 Å². The van der Waals surface area contributed by atoms with Crippen LogP contribution in [0.5, 0.6) is 0 Å². The molecule has 0 fully saturated rings. The lowest BCUT2D eigenvalue weighted by Gasteiger charge is -2.40. The summed E-state index contributed by atoms with van der Waals surface area (Å²) in [5, 5.41) is 55.5. The van der Waals surface area contributed by atoms with E-state index < -0.39 is 60.6 Å². The van der Waals surface area contributed by atoms with Gasteiger partial charge in [-0.15, -0.1) is 0 Å². The van der Waals surface area contributed by atoms with Crippen molar-refractivity contribution in [2.45, 2.75) is 43.2 Å². The third-order valence-electron chi connectivity index (χ3n) is 5.18. The molecule has 0 bridgehead atoms. The summed E-state index contributed by atoms with van der Waals surface area (Å²) < 4.78 is 34.3. The second-order valence-electron chi connectivity index (χ2n) is 7.60. The molecular formula is C20H19BrF2N4O7. The summed E-state index contributed by atoms with van der Waals surface area (Å²) in [6.45, 7) is -0.653. The molecule has 3 rings (SSSR count). The van der Waals surface area contributed by atoms with Crippen LogP contribution in [0.2, 0.25) is 0 Å². The lowest BCUT2D eigenvalue weighted by atomic mass is 9.91. The maximum atomic E-state index is 13.7. The molecule has 5 atom stereocenters. The Kier molecular flexibility index (Phi) is 7.22. The van der Waals surface area contributed by atoms with Crippen molar-refractivity contribution in [1.29, 1.82) is 5.26 Å². The molecule has 182 valence electrons. The Labute approximate surface area is 199 Å². The van der Waals surface area contributed by atoms with E-state index in [0.29, 0.717) is 22.3 Å². The predicted octanol–water partition coefficient (Wildman–Crippen LogP) is 0.433. The average molecular weight is 545 g/mol. The van der Waals surface area contributed by atoms with Crippen LogP contribution in [0.15, 0.2) is 34.5 Å². The van der Waals surface area contributed by atoms with Crippen LogP contribution in [0.25, 0.3) is 10.9 Å². The molecule has 0 aliphatic carbocycles. The molecule has 0 saturated carbocycles. The van der Waals surface area contributed by atoms with Gasteiger partial charge in [0.05, 0.1) is 24.2 Å².